The van der Waals surface area contributed by atoms with Crippen LogP contribution < -0.4 is 5.32 Å². The quantitative estimate of drug-likeness (QED) is 0.844. The van der Waals surface area contributed by atoms with Crippen LogP contribution in [0, 0.1) is 24.6 Å². The second-order valence-corrected chi connectivity index (χ2v) is 5.67. The number of piperidine rings is 1. The molecule has 0 radical (unpaired) electrons. The van der Waals surface area contributed by atoms with Crippen LogP contribution in [0.25, 0.3) is 0 Å². The van der Waals surface area contributed by atoms with E-state index < -0.39 is 0 Å². The fourth-order valence-corrected chi connectivity index (χ4v) is 2.71. The van der Waals surface area contributed by atoms with Gasteiger partial charge in [-0.25, -0.2) is 4.39 Å². The molecule has 1 aliphatic heterocycles. The van der Waals surface area contributed by atoms with Crippen LogP contribution in [-0.4, -0.2) is 18.9 Å². The molecule has 2 nitrogen and oxygen atoms in total. The van der Waals surface area contributed by atoms with Crippen LogP contribution in [0.5, 0.6) is 0 Å². The van der Waals surface area contributed by atoms with Crippen molar-refractivity contribution in [1.29, 1.82) is 0 Å². The van der Waals surface area contributed by atoms with Gasteiger partial charge in [-0.15, -0.1) is 0 Å². The number of Topliss-reactive ketones (excluding diaryl/α,β-unsaturated/α-hetero) is 1. The van der Waals surface area contributed by atoms with E-state index in [9.17, 15) is 9.18 Å². The number of aryl methyl sites for hydroxylation is 1. The average molecular weight is 263 g/mol. The second kappa shape index (κ2) is 6.29. The molecule has 0 aliphatic carbocycles. The first-order valence-corrected chi connectivity index (χ1v) is 7.08. The molecular formula is C16H22FNO. The van der Waals surface area contributed by atoms with Crippen molar-refractivity contribution in [3.63, 3.8) is 0 Å². The summed E-state index contributed by atoms with van der Waals surface area (Å²) >= 11 is 0. The molecule has 2 rings (SSSR count). The monoisotopic (exact) mass is 263 g/mol. The van der Waals surface area contributed by atoms with Crippen LogP contribution in [0.4, 0.5) is 4.39 Å². The molecule has 0 spiro atoms. The van der Waals surface area contributed by atoms with Gasteiger partial charge in [-0.2, -0.15) is 0 Å². The molecule has 0 bridgehead atoms. The maximum atomic E-state index is 13.5. The van der Waals surface area contributed by atoms with Crippen molar-refractivity contribution in [2.24, 2.45) is 11.8 Å². The van der Waals surface area contributed by atoms with Crippen LogP contribution >= 0.6 is 0 Å². The number of hydrogen-bond donors (Lipinski definition) is 1. The lowest BCUT2D eigenvalue weighted by molar-refractivity contribution is 0.0942. The van der Waals surface area contributed by atoms with E-state index in [0.29, 0.717) is 29.4 Å². The highest BCUT2D eigenvalue weighted by molar-refractivity contribution is 5.96. The fraction of sp³-hybridized carbons (Fsp3) is 0.562. The molecule has 1 aromatic rings. The molecule has 19 heavy (non-hydrogen) atoms. The number of halogens is 1. The highest BCUT2D eigenvalue weighted by Crippen LogP contribution is 2.24. The van der Waals surface area contributed by atoms with Crippen LogP contribution in [0.15, 0.2) is 18.2 Å². The molecule has 0 aromatic heterocycles. The summed E-state index contributed by atoms with van der Waals surface area (Å²) in [5.74, 6) is 0.674. The van der Waals surface area contributed by atoms with E-state index in [1.807, 2.05) is 0 Å². The first-order chi connectivity index (χ1) is 9.08. The van der Waals surface area contributed by atoms with Crippen LogP contribution in [0.1, 0.15) is 42.1 Å². The second-order valence-electron chi connectivity index (χ2n) is 5.67. The zero-order valence-corrected chi connectivity index (χ0v) is 11.7. The third kappa shape index (κ3) is 3.63. The summed E-state index contributed by atoms with van der Waals surface area (Å²) in [7, 11) is 0. The SMILES string of the molecule is Cc1ccc(C(=O)CC(C)C2CCCNC2)cc1F. The molecule has 1 aromatic carbocycles. The Morgan fingerprint density at radius 1 is 1.53 bits per heavy atom. The van der Waals surface area contributed by atoms with Crippen molar-refractivity contribution >= 4 is 5.78 Å². The number of hydrogen-bond acceptors (Lipinski definition) is 2. The Hall–Kier alpha value is -1.22. The Morgan fingerprint density at radius 3 is 2.95 bits per heavy atom. The number of carbonyl (C=O) groups is 1. The van der Waals surface area contributed by atoms with Crippen LogP contribution in [0.3, 0.4) is 0 Å². The zero-order chi connectivity index (χ0) is 13.8. The number of ketones is 1. The lowest BCUT2D eigenvalue weighted by Crippen LogP contribution is -2.34. The van der Waals surface area contributed by atoms with Gasteiger partial charge >= 0.3 is 0 Å². The molecule has 0 amide bonds. The molecule has 1 saturated heterocycles. The van der Waals surface area contributed by atoms with Gasteiger partial charge in [0.05, 0.1) is 0 Å². The third-order valence-electron chi connectivity index (χ3n) is 4.14. The summed E-state index contributed by atoms with van der Waals surface area (Å²) in [6.45, 7) is 5.91. The van der Waals surface area contributed by atoms with Crippen molar-refractivity contribution in [3.8, 4) is 0 Å². The summed E-state index contributed by atoms with van der Waals surface area (Å²) in [4.78, 5) is 12.2. The first-order valence-electron chi connectivity index (χ1n) is 7.08. The predicted octanol–water partition coefficient (Wildman–Crippen LogP) is 3.34. The van der Waals surface area contributed by atoms with Crippen molar-refractivity contribution in [3.05, 3.63) is 35.1 Å². The van der Waals surface area contributed by atoms with Crippen molar-refractivity contribution < 1.29 is 9.18 Å². The maximum absolute atomic E-state index is 13.5. The van der Waals surface area contributed by atoms with Crippen LogP contribution in [-0.2, 0) is 0 Å². The molecule has 2 unspecified atom stereocenters. The highest BCUT2D eigenvalue weighted by Gasteiger charge is 2.22. The zero-order valence-electron chi connectivity index (χ0n) is 11.7. The summed E-state index contributed by atoms with van der Waals surface area (Å²) in [6, 6.07) is 4.77. The van der Waals surface area contributed by atoms with Gasteiger partial charge in [0.25, 0.3) is 0 Å². The third-order valence-corrected chi connectivity index (χ3v) is 4.14. The number of nitrogens with one attached hydrogen (secondary N) is 1. The highest BCUT2D eigenvalue weighted by atomic mass is 19.1. The number of rotatable bonds is 4. The van der Waals surface area contributed by atoms with E-state index in [0.717, 1.165) is 13.1 Å². The molecule has 1 N–H and O–H groups in total. The molecule has 0 saturated carbocycles. The lowest BCUT2D eigenvalue weighted by atomic mass is 9.83. The molecule has 2 atom stereocenters. The predicted molar refractivity (Wildman–Crippen MR) is 74.8 cm³/mol. The topological polar surface area (TPSA) is 29.1 Å². The van der Waals surface area contributed by atoms with Gasteiger partial charge in [-0.3, -0.25) is 4.79 Å². The minimum absolute atomic E-state index is 0.0528. The Bertz CT molecular complexity index is 452. The molecule has 1 aliphatic rings. The van der Waals surface area contributed by atoms with Gasteiger partial charge in [0.2, 0.25) is 0 Å². The molecule has 3 heteroatoms. The van der Waals surface area contributed by atoms with Gasteiger partial charge in [0.15, 0.2) is 5.78 Å². The maximum Gasteiger partial charge on any atom is 0.163 e. The van der Waals surface area contributed by atoms with Gasteiger partial charge in [-0.1, -0.05) is 19.1 Å². The Balaban J connectivity index is 1.97. The molecule has 104 valence electrons. The summed E-state index contributed by atoms with van der Waals surface area (Å²) in [5, 5.41) is 3.37. The van der Waals surface area contributed by atoms with E-state index in [2.05, 4.69) is 12.2 Å². The number of carbonyl (C=O) groups excluding carboxylic acids is 1. The van der Waals surface area contributed by atoms with Crippen molar-refractivity contribution in [1.82, 2.24) is 5.32 Å². The average Bonchev–Trinajstić information content (AvgIpc) is 2.42. The fourth-order valence-electron chi connectivity index (χ4n) is 2.71. The normalized spacial score (nSPS) is 21.1. The Morgan fingerprint density at radius 2 is 2.32 bits per heavy atom. The van der Waals surface area contributed by atoms with E-state index in [1.54, 1.807) is 19.1 Å². The summed E-state index contributed by atoms with van der Waals surface area (Å²) in [5.41, 5.74) is 1.08. The van der Waals surface area contributed by atoms with Crippen LogP contribution in [0.2, 0.25) is 0 Å². The van der Waals surface area contributed by atoms with Gasteiger partial charge in [0, 0.05) is 12.0 Å². The lowest BCUT2D eigenvalue weighted by Gasteiger charge is -2.28. The molecule has 1 fully saturated rings. The van der Waals surface area contributed by atoms with Crippen molar-refractivity contribution in [2.75, 3.05) is 13.1 Å². The minimum atomic E-state index is -0.294. The van der Waals surface area contributed by atoms with E-state index in [4.69, 9.17) is 0 Å². The molecule has 1 heterocycles. The van der Waals surface area contributed by atoms with Gasteiger partial charge in [0.1, 0.15) is 5.82 Å². The minimum Gasteiger partial charge on any atom is -0.316 e. The smallest absolute Gasteiger partial charge is 0.163 e. The summed E-state index contributed by atoms with van der Waals surface area (Å²) in [6.07, 6.45) is 2.88. The van der Waals surface area contributed by atoms with E-state index in [1.165, 1.54) is 18.9 Å². The summed E-state index contributed by atoms with van der Waals surface area (Å²) < 4.78 is 13.5. The Kier molecular flexibility index (Phi) is 4.70. The van der Waals surface area contributed by atoms with Crippen molar-refractivity contribution in [2.45, 2.75) is 33.1 Å². The standard InChI is InChI=1S/C16H22FNO/c1-11-5-6-13(9-15(11)17)16(19)8-12(2)14-4-3-7-18-10-14/h5-6,9,12,14,18H,3-4,7-8,10H2,1-2H3. The Labute approximate surface area is 114 Å². The number of benzene rings is 1. The van der Waals surface area contributed by atoms with Gasteiger partial charge < -0.3 is 5.32 Å². The van der Waals surface area contributed by atoms with E-state index in [-0.39, 0.29) is 11.6 Å². The largest absolute Gasteiger partial charge is 0.316 e. The molecular weight excluding hydrogens is 241 g/mol. The van der Waals surface area contributed by atoms with E-state index >= 15 is 0 Å². The van der Waals surface area contributed by atoms with Gasteiger partial charge in [-0.05, 0) is 56.3 Å². The first kappa shape index (κ1) is 14.2.